The van der Waals surface area contributed by atoms with Crippen molar-refractivity contribution >= 4 is 31.6 Å². The second-order valence-electron chi connectivity index (χ2n) is 4.41. The topological polar surface area (TPSA) is 72.2 Å². The van der Waals surface area contributed by atoms with E-state index in [-0.39, 0.29) is 21.1 Å². The summed E-state index contributed by atoms with van der Waals surface area (Å²) in [7, 11) is -3.66. The van der Waals surface area contributed by atoms with Gasteiger partial charge in [-0.2, -0.15) is 0 Å². The smallest absolute Gasteiger partial charge is 0.242 e. The van der Waals surface area contributed by atoms with Gasteiger partial charge in [0.2, 0.25) is 10.0 Å². The van der Waals surface area contributed by atoms with E-state index in [2.05, 4.69) is 20.7 Å². The van der Waals surface area contributed by atoms with Crippen LogP contribution in [0.15, 0.2) is 21.5 Å². The van der Waals surface area contributed by atoms with Gasteiger partial charge in [-0.1, -0.05) is 12.8 Å². The summed E-state index contributed by atoms with van der Waals surface area (Å²) in [6.45, 7) is 0. The molecule has 3 N–H and O–H groups in total. The number of hydrogen-bond acceptors (Lipinski definition) is 3. The van der Waals surface area contributed by atoms with Gasteiger partial charge >= 0.3 is 0 Å². The third kappa shape index (κ3) is 2.84. The summed E-state index contributed by atoms with van der Waals surface area (Å²) in [5.74, 6) is -0.637. The predicted octanol–water partition coefficient (Wildman–Crippen LogP) is 2.39. The van der Waals surface area contributed by atoms with Gasteiger partial charge in [0.25, 0.3) is 0 Å². The van der Waals surface area contributed by atoms with Crippen LogP contribution in [-0.2, 0) is 10.0 Å². The Morgan fingerprint density at radius 1 is 1.33 bits per heavy atom. The molecule has 100 valence electrons. The van der Waals surface area contributed by atoms with Crippen molar-refractivity contribution in [1.82, 2.24) is 4.72 Å². The third-order valence-electron chi connectivity index (χ3n) is 3.02. The quantitative estimate of drug-likeness (QED) is 0.832. The Kier molecular flexibility index (Phi) is 3.93. The Morgan fingerprint density at radius 2 is 1.94 bits per heavy atom. The molecule has 0 saturated heterocycles. The van der Waals surface area contributed by atoms with E-state index in [1.165, 1.54) is 0 Å². The molecular formula is C11H14BrFN2O2S. The molecule has 1 aromatic rings. The first kappa shape index (κ1) is 13.8. The molecule has 0 radical (unpaired) electrons. The minimum absolute atomic E-state index is 0.0201. The Labute approximate surface area is 114 Å². The molecule has 0 atom stereocenters. The van der Waals surface area contributed by atoms with Crippen molar-refractivity contribution in [2.75, 3.05) is 5.73 Å². The molecule has 1 aliphatic carbocycles. The lowest BCUT2D eigenvalue weighted by atomic mass is 10.3. The SMILES string of the molecule is Nc1cc(S(=O)(=O)NC2CCCC2)c(Br)cc1F. The first-order valence-electron chi connectivity index (χ1n) is 5.67. The van der Waals surface area contributed by atoms with Gasteiger partial charge in [0, 0.05) is 10.5 Å². The maximum atomic E-state index is 13.2. The van der Waals surface area contributed by atoms with Gasteiger partial charge in [-0.25, -0.2) is 17.5 Å². The Morgan fingerprint density at radius 3 is 2.56 bits per heavy atom. The number of sulfonamides is 1. The number of hydrogen-bond donors (Lipinski definition) is 2. The molecule has 0 amide bonds. The molecule has 1 saturated carbocycles. The summed E-state index contributed by atoms with van der Waals surface area (Å²) >= 11 is 3.05. The molecule has 0 bridgehead atoms. The van der Waals surface area contributed by atoms with Crippen LogP contribution in [-0.4, -0.2) is 14.5 Å². The average Bonchev–Trinajstić information content (AvgIpc) is 2.75. The van der Waals surface area contributed by atoms with Gasteiger partial charge in [-0.3, -0.25) is 0 Å². The molecule has 0 spiro atoms. The number of nitrogen functional groups attached to an aromatic ring is 1. The van der Waals surface area contributed by atoms with Crippen LogP contribution in [0.25, 0.3) is 0 Å². The van der Waals surface area contributed by atoms with E-state index >= 15 is 0 Å². The van der Waals surface area contributed by atoms with Crippen LogP contribution in [0.2, 0.25) is 0 Å². The normalized spacial score (nSPS) is 17.2. The summed E-state index contributed by atoms with van der Waals surface area (Å²) in [6.07, 6.45) is 3.74. The number of nitrogens with two attached hydrogens (primary N) is 1. The van der Waals surface area contributed by atoms with Crippen molar-refractivity contribution in [3.63, 3.8) is 0 Å². The van der Waals surface area contributed by atoms with E-state index < -0.39 is 15.8 Å². The highest BCUT2D eigenvalue weighted by atomic mass is 79.9. The van der Waals surface area contributed by atoms with Crippen LogP contribution in [0.3, 0.4) is 0 Å². The minimum Gasteiger partial charge on any atom is -0.396 e. The molecule has 4 nitrogen and oxygen atoms in total. The van der Waals surface area contributed by atoms with Gasteiger partial charge < -0.3 is 5.73 Å². The lowest BCUT2D eigenvalue weighted by Gasteiger charge is -2.14. The van der Waals surface area contributed by atoms with Gasteiger partial charge in [0.15, 0.2) is 0 Å². The zero-order valence-electron chi connectivity index (χ0n) is 9.62. The van der Waals surface area contributed by atoms with Crippen molar-refractivity contribution in [3.8, 4) is 0 Å². The fraction of sp³-hybridized carbons (Fsp3) is 0.455. The summed E-state index contributed by atoms with van der Waals surface area (Å²) in [5.41, 5.74) is 5.23. The molecule has 18 heavy (non-hydrogen) atoms. The van der Waals surface area contributed by atoms with E-state index in [9.17, 15) is 12.8 Å². The van der Waals surface area contributed by atoms with Gasteiger partial charge in [-0.05, 0) is 40.9 Å². The van der Waals surface area contributed by atoms with Crippen LogP contribution in [0.1, 0.15) is 25.7 Å². The lowest BCUT2D eigenvalue weighted by Crippen LogP contribution is -2.32. The average molecular weight is 337 g/mol. The summed E-state index contributed by atoms with van der Waals surface area (Å²) in [4.78, 5) is -0.0201. The van der Waals surface area contributed by atoms with E-state index in [1.54, 1.807) is 0 Å². The second-order valence-corrected chi connectivity index (χ2v) is 6.94. The Balaban J connectivity index is 2.31. The van der Waals surface area contributed by atoms with Crippen molar-refractivity contribution in [3.05, 3.63) is 22.4 Å². The number of nitrogens with one attached hydrogen (secondary N) is 1. The number of halogens is 2. The Hall–Kier alpha value is -0.660. The van der Waals surface area contributed by atoms with Crippen LogP contribution >= 0.6 is 15.9 Å². The molecule has 1 aliphatic rings. The zero-order valence-corrected chi connectivity index (χ0v) is 12.0. The molecule has 0 aromatic heterocycles. The maximum absolute atomic E-state index is 13.2. The predicted molar refractivity (Wildman–Crippen MR) is 71.1 cm³/mol. The Bertz CT molecular complexity index is 556. The van der Waals surface area contributed by atoms with Crippen molar-refractivity contribution in [1.29, 1.82) is 0 Å². The molecular weight excluding hydrogens is 323 g/mol. The lowest BCUT2D eigenvalue weighted by molar-refractivity contribution is 0.551. The highest BCUT2D eigenvalue weighted by Crippen LogP contribution is 2.28. The highest BCUT2D eigenvalue weighted by Gasteiger charge is 2.25. The van der Waals surface area contributed by atoms with Gasteiger partial charge in [0.05, 0.1) is 10.6 Å². The molecule has 1 aromatic carbocycles. The molecule has 1 fully saturated rings. The summed E-state index contributed by atoms with van der Waals surface area (Å²) < 4.78 is 40.3. The second kappa shape index (κ2) is 5.14. The van der Waals surface area contributed by atoms with Crippen LogP contribution in [0, 0.1) is 5.82 Å². The van der Waals surface area contributed by atoms with Crippen LogP contribution < -0.4 is 10.5 Å². The number of benzene rings is 1. The van der Waals surface area contributed by atoms with Crippen molar-refractivity contribution in [2.45, 2.75) is 36.6 Å². The minimum atomic E-state index is -3.66. The zero-order chi connectivity index (χ0) is 13.3. The van der Waals surface area contributed by atoms with Crippen molar-refractivity contribution in [2.24, 2.45) is 0 Å². The van der Waals surface area contributed by atoms with Crippen molar-refractivity contribution < 1.29 is 12.8 Å². The highest BCUT2D eigenvalue weighted by molar-refractivity contribution is 9.10. The standard InChI is InChI=1S/C11H14BrFN2O2S/c12-8-5-9(13)10(14)6-11(8)18(16,17)15-7-3-1-2-4-7/h5-7,15H,1-4,14H2. The fourth-order valence-corrected chi connectivity index (χ4v) is 4.43. The first-order valence-corrected chi connectivity index (χ1v) is 7.94. The summed E-state index contributed by atoms with van der Waals surface area (Å²) in [5, 5.41) is 0. The molecule has 7 heteroatoms. The van der Waals surface area contributed by atoms with E-state index in [4.69, 9.17) is 5.73 Å². The van der Waals surface area contributed by atoms with Crippen LogP contribution in [0.5, 0.6) is 0 Å². The molecule has 2 rings (SSSR count). The van der Waals surface area contributed by atoms with E-state index in [0.717, 1.165) is 37.8 Å². The molecule has 0 aliphatic heterocycles. The maximum Gasteiger partial charge on any atom is 0.242 e. The third-order valence-corrected chi connectivity index (χ3v) is 5.50. The van der Waals surface area contributed by atoms with E-state index in [1.807, 2.05) is 0 Å². The fourth-order valence-electron chi connectivity index (χ4n) is 2.08. The number of anilines is 1. The largest absolute Gasteiger partial charge is 0.396 e. The van der Waals surface area contributed by atoms with Crippen LogP contribution in [0.4, 0.5) is 10.1 Å². The first-order chi connectivity index (χ1) is 8.40. The monoisotopic (exact) mass is 336 g/mol. The number of rotatable bonds is 3. The van der Waals surface area contributed by atoms with Gasteiger partial charge in [-0.15, -0.1) is 0 Å². The van der Waals surface area contributed by atoms with E-state index in [0.29, 0.717) is 0 Å². The van der Waals surface area contributed by atoms with Gasteiger partial charge in [0.1, 0.15) is 5.82 Å². The molecule has 0 unspecified atom stereocenters. The molecule has 0 heterocycles. The summed E-state index contributed by atoms with van der Waals surface area (Å²) in [6, 6.07) is 2.17.